The quantitative estimate of drug-likeness (QED) is 0.769. The van der Waals surface area contributed by atoms with E-state index in [1.54, 1.807) is 0 Å². The van der Waals surface area contributed by atoms with Gasteiger partial charge >= 0.3 is 0 Å². The lowest BCUT2D eigenvalue weighted by atomic mass is 10.1. The van der Waals surface area contributed by atoms with Crippen LogP contribution in [0.1, 0.15) is 23.9 Å². The molecule has 0 aliphatic heterocycles. The molecule has 0 aliphatic rings. The second kappa shape index (κ2) is 3.50. The zero-order valence-electron chi connectivity index (χ0n) is 9.22. The molecule has 2 aromatic rings. The van der Waals surface area contributed by atoms with Crippen LogP contribution in [0.4, 0.5) is 0 Å². The highest BCUT2D eigenvalue weighted by Crippen LogP contribution is 2.10. The van der Waals surface area contributed by atoms with E-state index in [9.17, 15) is 4.79 Å². The van der Waals surface area contributed by atoms with Crippen LogP contribution in [0.25, 0.3) is 11.0 Å². The van der Waals surface area contributed by atoms with Gasteiger partial charge in [-0.25, -0.2) is 4.98 Å². The lowest BCUT2D eigenvalue weighted by Gasteiger charge is -2.05. The first-order valence-corrected chi connectivity index (χ1v) is 5.12. The van der Waals surface area contributed by atoms with Gasteiger partial charge in [0.1, 0.15) is 5.65 Å². The summed E-state index contributed by atoms with van der Waals surface area (Å²) in [5, 5.41) is 0.683. The maximum Gasteiger partial charge on any atom is 0.194 e. The van der Waals surface area contributed by atoms with Gasteiger partial charge in [0.2, 0.25) is 0 Å². The van der Waals surface area contributed by atoms with E-state index >= 15 is 0 Å². The average molecular weight is 202 g/mol. The third-order valence-corrected chi connectivity index (χ3v) is 2.67. The highest BCUT2D eigenvalue weighted by atomic mass is 16.1. The van der Waals surface area contributed by atoms with Gasteiger partial charge in [0, 0.05) is 17.0 Å². The minimum absolute atomic E-state index is 0.108. The molecule has 78 valence electrons. The predicted octanol–water partition coefficient (Wildman–Crippen LogP) is 2.10. The molecule has 3 nitrogen and oxygen atoms in total. The van der Waals surface area contributed by atoms with Crippen LogP contribution in [0.3, 0.4) is 0 Å². The summed E-state index contributed by atoms with van der Waals surface area (Å²) in [5.41, 5.74) is 3.49. The van der Waals surface area contributed by atoms with Crippen molar-refractivity contribution >= 4 is 11.0 Å². The number of aryl methyl sites for hydroxylation is 2. The molecule has 0 aromatic carbocycles. The van der Waals surface area contributed by atoms with Crippen molar-refractivity contribution in [2.45, 2.75) is 27.2 Å². The van der Waals surface area contributed by atoms with E-state index < -0.39 is 0 Å². The number of hydrogen-bond acceptors (Lipinski definition) is 2. The summed E-state index contributed by atoms with van der Waals surface area (Å²) >= 11 is 0. The number of hydrogen-bond donors (Lipinski definition) is 1. The SMILES string of the molecule is CCc1c(C)[nH]c2nc(C)ccc2c1=O. The van der Waals surface area contributed by atoms with Crippen molar-refractivity contribution < 1.29 is 0 Å². The smallest absolute Gasteiger partial charge is 0.194 e. The number of aromatic amines is 1. The Hall–Kier alpha value is -1.64. The van der Waals surface area contributed by atoms with Crippen molar-refractivity contribution in [3.05, 3.63) is 39.3 Å². The molecule has 0 saturated carbocycles. The summed E-state index contributed by atoms with van der Waals surface area (Å²) in [6.45, 7) is 5.83. The highest BCUT2D eigenvalue weighted by Gasteiger charge is 2.07. The van der Waals surface area contributed by atoms with Crippen LogP contribution in [0.15, 0.2) is 16.9 Å². The number of fused-ring (bicyclic) bond motifs is 1. The van der Waals surface area contributed by atoms with Crippen molar-refractivity contribution in [1.82, 2.24) is 9.97 Å². The fourth-order valence-corrected chi connectivity index (χ4v) is 1.85. The Bertz CT molecular complexity index is 570. The fourth-order valence-electron chi connectivity index (χ4n) is 1.85. The minimum Gasteiger partial charge on any atom is -0.343 e. The number of H-pyrrole nitrogens is 1. The van der Waals surface area contributed by atoms with Gasteiger partial charge < -0.3 is 4.98 Å². The molecule has 0 aliphatic carbocycles. The Morgan fingerprint density at radius 2 is 2.07 bits per heavy atom. The topological polar surface area (TPSA) is 45.8 Å². The van der Waals surface area contributed by atoms with Gasteiger partial charge in [0.05, 0.1) is 5.39 Å². The van der Waals surface area contributed by atoms with Gasteiger partial charge in [0.15, 0.2) is 5.43 Å². The largest absolute Gasteiger partial charge is 0.343 e. The maximum absolute atomic E-state index is 12.0. The lowest BCUT2D eigenvalue weighted by Crippen LogP contribution is -2.13. The predicted molar refractivity (Wildman–Crippen MR) is 61.2 cm³/mol. The summed E-state index contributed by atoms with van der Waals surface area (Å²) in [4.78, 5) is 19.5. The third kappa shape index (κ3) is 1.54. The second-order valence-electron chi connectivity index (χ2n) is 3.76. The monoisotopic (exact) mass is 202 g/mol. The molecule has 0 amide bonds. The number of nitrogens with one attached hydrogen (secondary N) is 1. The van der Waals surface area contributed by atoms with Crippen LogP contribution in [0.2, 0.25) is 0 Å². The highest BCUT2D eigenvalue weighted by molar-refractivity contribution is 5.75. The molecule has 2 heterocycles. The van der Waals surface area contributed by atoms with E-state index in [2.05, 4.69) is 9.97 Å². The Labute approximate surface area is 88.2 Å². The first-order valence-electron chi connectivity index (χ1n) is 5.12. The molecule has 0 bridgehead atoms. The van der Waals surface area contributed by atoms with Gasteiger partial charge in [-0.15, -0.1) is 0 Å². The first-order chi connectivity index (χ1) is 7.13. The van der Waals surface area contributed by atoms with Gasteiger partial charge in [-0.3, -0.25) is 4.79 Å². The summed E-state index contributed by atoms with van der Waals surface area (Å²) in [7, 11) is 0. The minimum atomic E-state index is 0.108. The molecule has 0 fully saturated rings. The van der Waals surface area contributed by atoms with Crippen LogP contribution >= 0.6 is 0 Å². The van der Waals surface area contributed by atoms with Crippen molar-refractivity contribution in [2.24, 2.45) is 0 Å². The summed E-state index contributed by atoms with van der Waals surface area (Å²) in [6.07, 6.45) is 0.755. The van der Waals surface area contributed by atoms with E-state index in [0.29, 0.717) is 11.0 Å². The summed E-state index contributed by atoms with van der Waals surface area (Å²) in [5.74, 6) is 0. The number of rotatable bonds is 1. The molecule has 0 radical (unpaired) electrons. The molecule has 3 heteroatoms. The fraction of sp³-hybridized carbons (Fsp3) is 0.333. The zero-order chi connectivity index (χ0) is 11.0. The van der Waals surface area contributed by atoms with Crippen molar-refractivity contribution in [3.63, 3.8) is 0 Å². The van der Waals surface area contributed by atoms with Crippen molar-refractivity contribution in [1.29, 1.82) is 0 Å². The van der Waals surface area contributed by atoms with Gasteiger partial charge in [-0.1, -0.05) is 6.92 Å². The molecule has 2 aromatic heterocycles. The van der Waals surface area contributed by atoms with Crippen molar-refractivity contribution in [2.75, 3.05) is 0 Å². The molecule has 2 rings (SSSR count). The molecular formula is C12H14N2O. The number of aromatic nitrogens is 2. The van der Waals surface area contributed by atoms with Crippen LogP contribution < -0.4 is 5.43 Å². The third-order valence-electron chi connectivity index (χ3n) is 2.67. The Kier molecular flexibility index (Phi) is 2.31. The zero-order valence-corrected chi connectivity index (χ0v) is 9.22. The molecule has 1 N–H and O–H groups in total. The molecular weight excluding hydrogens is 188 g/mol. The van der Waals surface area contributed by atoms with Crippen LogP contribution in [-0.2, 0) is 6.42 Å². The van der Waals surface area contributed by atoms with Gasteiger partial charge in [-0.2, -0.15) is 0 Å². The second-order valence-corrected chi connectivity index (χ2v) is 3.76. The summed E-state index contributed by atoms with van der Waals surface area (Å²) < 4.78 is 0. The van der Waals surface area contributed by atoms with Gasteiger partial charge in [-0.05, 0) is 32.4 Å². The van der Waals surface area contributed by atoms with Crippen LogP contribution in [-0.4, -0.2) is 9.97 Å². The number of nitrogens with zero attached hydrogens (tertiary/aromatic N) is 1. The Morgan fingerprint density at radius 3 is 2.73 bits per heavy atom. The van der Waals surface area contributed by atoms with Crippen LogP contribution in [0, 0.1) is 13.8 Å². The van der Waals surface area contributed by atoms with E-state index in [0.717, 1.165) is 23.4 Å². The average Bonchev–Trinajstić information content (AvgIpc) is 2.17. The Morgan fingerprint density at radius 1 is 1.33 bits per heavy atom. The lowest BCUT2D eigenvalue weighted by molar-refractivity contribution is 1.04. The van der Waals surface area contributed by atoms with Crippen molar-refractivity contribution in [3.8, 4) is 0 Å². The normalized spacial score (nSPS) is 10.9. The summed E-state index contributed by atoms with van der Waals surface area (Å²) in [6, 6.07) is 3.71. The first kappa shape index (κ1) is 9.90. The van der Waals surface area contributed by atoms with E-state index in [-0.39, 0.29) is 5.43 Å². The molecule has 0 unspecified atom stereocenters. The van der Waals surface area contributed by atoms with Gasteiger partial charge in [0.25, 0.3) is 0 Å². The van der Waals surface area contributed by atoms with E-state index in [1.165, 1.54) is 0 Å². The van der Waals surface area contributed by atoms with Crippen LogP contribution in [0.5, 0.6) is 0 Å². The molecule has 15 heavy (non-hydrogen) atoms. The molecule has 0 saturated heterocycles. The molecule has 0 spiro atoms. The molecule has 0 atom stereocenters. The van der Waals surface area contributed by atoms with E-state index in [1.807, 2.05) is 32.9 Å². The Balaban J connectivity index is 2.91. The standard InChI is InChI=1S/C12H14N2O/c1-4-9-8(3)14-12-10(11(9)15)6-5-7(2)13-12/h5-6H,4H2,1-3H3,(H,13,14,15). The number of pyridine rings is 2. The van der Waals surface area contributed by atoms with E-state index in [4.69, 9.17) is 0 Å². The maximum atomic E-state index is 12.0.